The SMILES string of the molecule is O=C(NCc1ccccc1)N1CCN2C(=O)N(Cc3ccc(F)cc3)CC2C1. The second-order valence-electron chi connectivity index (χ2n) is 7.23. The van der Waals surface area contributed by atoms with Crippen LogP contribution in [0.15, 0.2) is 54.6 Å². The lowest BCUT2D eigenvalue weighted by molar-refractivity contribution is 0.129. The van der Waals surface area contributed by atoms with E-state index in [0.717, 1.165) is 11.1 Å². The Kier molecular flexibility index (Phi) is 5.14. The molecule has 2 heterocycles. The van der Waals surface area contributed by atoms with Gasteiger partial charge in [0.05, 0.1) is 6.04 Å². The molecule has 0 saturated carbocycles. The zero-order valence-corrected chi connectivity index (χ0v) is 15.6. The highest BCUT2D eigenvalue weighted by Crippen LogP contribution is 2.22. The normalized spacial score (nSPS) is 19.0. The molecule has 2 fully saturated rings. The third-order valence-corrected chi connectivity index (χ3v) is 5.29. The number of halogens is 1. The molecule has 6 nitrogen and oxygen atoms in total. The van der Waals surface area contributed by atoms with Gasteiger partial charge in [-0.1, -0.05) is 42.5 Å². The van der Waals surface area contributed by atoms with Gasteiger partial charge in [-0.2, -0.15) is 0 Å². The van der Waals surface area contributed by atoms with Crippen LogP contribution in [0.2, 0.25) is 0 Å². The second-order valence-corrected chi connectivity index (χ2v) is 7.23. The van der Waals surface area contributed by atoms with Gasteiger partial charge in [0.15, 0.2) is 0 Å². The van der Waals surface area contributed by atoms with E-state index >= 15 is 0 Å². The molecule has 0 aromatic heterocycles. The Bertz CT molecular complexity index is 843. The molecule has 2 aliphatic rings. The monoisotopic (exact) mass is 382 g/mol. The standard InChI is InChI=1S/C21H23FN4O2/c22-18-8-6-17(7-9-18)13-25-15-19-14-24(10-11-26(19)21(25)28)20(27)23-12-16-4-2-1-3-5-16/h1-9,19H,10-15H2,(H,23,27). The zero-order chi connectivity index (χ0) is 19.5. The molecule has 1 unspecified atom stereocenters. The number of benzene rings is 2. The molecule has 0 aliphatic carbocycles. The fourth-order valence-electron chi connectivity index (χ4n) is 3.79. The van der Waals surface area contributed by atoms with Crippen LogP contribution < -0.4 is 5.32 Å². The van der Waals surface area contributed by atoms with E-state index < -0.39 is 0 Å². The predicted molar refractivity (Wildman–Crippen MR) is 103 cm³/mol. The molecule has 0 bridgehead atoms. The Morgan fingerprint density at radius 1 is 1.00 bits per heavy atom. The minimum Gasteiger partial charge on any atom is -0.334 e. The minimum atomic E-state index is -0.286. The summed E-state index contributed by atoms with van der Waals surface area (Å²) in [5, 5.41) is 2.95. The van der Waals surface area contributed by atoms with E-state index in [4.69, 9.17) is 0 Å². The van der Waals surface area contributed by atoms with Gasteiger partial charge in [0.2, 0.25) is 0 Å². The molecule has 2 aromatic rings. The molecule has 146 valence electrons. The van der Waals surface area contributed by atoms with E-state index in [0.29, 0.717) is 39.3 Å². The third kappa shape index (κ3) is 3.93. The van der Waals surface area contributed by atoms with Crippen LogP contribution >= 0.6 is 0 Å². The summed E-state index contributed by atoms with van der Waals surface area (Å²) in [6, 6.07) is 15.9. The predicted octanol–water partition coefficient (Wildman–Crippen LogP) is 2.66. The van der Waals surface area contributed by atoms with Crippen LogP contribution in [0, 0.1) is 5.82 Å². The topological polar surface area (TPSA) is 55.9 Å². The van der Waals surface area contributed by atoms with Crippen molar-refractivity contribution in [3.8, 4) is 0 Å². The highest BCUT2D eigenvalue weighted by Gasteiger charge is 2.41. The maximum Gasteiger partial charge on any atom is 0.320 e. The van der Waals surface area contributed by atoms with E-state index in [2.05, 4.69) is 5.32 Å². The molecule has 7 heteroatoms. The van der Waals surface area contributed by atoms with Crippen molar-refractivity contribution >= 4 is 12.1 Å². The van der Waals surface area contributed by atoms with Gasteiger partial charge >= 0.3 is 12.1 Å². The average molecular weight is 382 g/mol. The molecule has 28 heavy (non-hydrogen) atoms. The van der Waals surface area contributed by atoms with Gasteiger partial charge in [-0.3, -0.25) is 0 Å². The van der Waals surface area contributed by atoms with Crippen molar-refractivity contribution in [3.05, 3.63) is 71.5 Å². The summed E-state index contributed by atoms with van der Waals surface area (Å²) >= 11 is 0. The lowest BCUT2D eigenvalue weighted by atomic mass is 10.2. The number of amides is 4. The largest absolute Gasteiger partial charge is 0.334 e. The van der Waals surface area contributed by atoms with Crippen LogP contribution in [0.5, 0.6) is 0 Å². The molecule has 2 saturated heterocycles. The van der Waals surface area contributed by atoms with Gasteiger partial charge in [0.25, 0.3) is 0 Å². The highest BCUT2D eigenvalue weighted by molar-refractivity contribution is 5.79. The molecule has 2 aliphatic heterocycles. The summed E-state index contributed by atoms with van der Waals surface area (Å²) < 4.78 is 13.1. The van der Waals surface area contributed by atoms with Crippen molar-refractivity contribution in [1.82, 2.24) is 20.0 Å². The zero-order valence-electron chi connectivity index (χ0n) is 15.6. The average Bonchev–Trinajstić information content (AvgIpc) is 3.03. The number of carbonyl (C=O) groups excluding carboxylic acids is 2. The Morgan fingerprint density at radius 3 is 2.50 bits per heavy atom. The van der Waals surface area contributed by atoms with Crippen molar-refractivity contribution in [2.75, 3.05) is 26.2 Å². The van der Waals surface area contributed by atoms with Gasteiger partial charge in [0.1, 0.15) is 5.82 Å². The maximum atomic E-state index is 13.1. The third-order valence-electron chi connectivity index (χ3n) is 5.29. The second kappa shape index (κ2) is 7.88. The molecule has 2 aromatic carbocycles. The summed E-state index contributed by atoms with van der Waals surface area (Å²) in [7, 11) is 0. The fraction of sp³-hybridized carbons (Fsp3) is 0.333. The highest BCUT2D eigenvalue weighted by atomic mass is 19.1. The number of carbonyl (C=O) groups is 2. The number of hydrogen-bond acceptors (Lipinski definition) is 2. The Morgan fingerprint density at radius 2 is 1.75 bits per heavy atom. The smallest absolute Gasteiger partial charge is 0.320 e. The first-order valence-electron chi connectivity index (χ1n) is 9.47. The number of nitrogens with zero attached hydrogens (tertiary/aromatic N) is 3. The molecule has 0 radical (unpaired) electrons. The van der Waals surface area contributed by atoms with Crippen LogP contribution in [0.3, 0.4) is 0 Å². The molecule has 1 N–H and O–H groups in total. The van der Waals surface area contributed by atoms with Crippen molar-refractivity contribution in [1.29, 1.82) is 0 Å². The van der Waals surface area contributed by atoms with Crippen molar-refractivity contribution < 1.29 is 14.0 Å². The minimum absolute atomic E-state index is 0.0100. The quantitative estimate of drug-likeness (QED) is 0.884. The lowest BCUT2D eigenvalue weighted by Crippen LogP contribution is -2.55. The van der Waals surface area contributed by atoms with Crippen molar-refractivity contribution in [2.24, 2.45) is 0 Å². The van der Waals surface area contributed by atoms with Crippen LogP contribution in [-0.2, 0) is 13.1 Å². The van der Waals surface area contributed by atoms with E-state index in [-0.39, 0.29) is 23.9 Å². The summed E-state index contributed by atoms with van der Waals surface area (Å²) in [4.78, 5) is 30.5. The Balaban J connectivity index is 1.32. The summed E-state index contributed by atoms with van der Waals surface area (Å²) in [6.45, 7) is 3.08. The van der Waals surface area contributed by atoms with E-state index in [1.54, 1.807) is 21.9 Å². The number of rotatable bonds is 4. The van der Waals surface area contributed by atoms with Gasteiger partial charge in [-0.25, -0.2) is 14.0 Å². The number of urea groups is 2. The molecular formula is C21H23FN4O2. The van der Waals surface area contributed by atoms with Crippen LogP contribution in [0.1, 0.15) is 11.1 Å². The van der Waals surface area contributed by atoms with Crippen LogP contribution in [-0.4, -0.2) is 59.0 Å². The van der Waals surface area contributed by atoms with Gasteiger partial charge in [-0.05, 0) is 23.3 Å². The van der Waals surface area contributed by atoms with E-state index in [9.17, 15) is 14.0 Å². The van der Waals surface area contributed by atoms with Crippen molar-refractivity contribution in [3.63, 3.8) is 0 Å². The lowest BCUT2D eigenvalue weighted by Gasteiger charge is -2.36. The first kappa shape index (κ1) is 18.3. The van der Waals surface area contributed by atoms with Gasteiger partial charge in [0, 0.05) is 39.3 Å². The molecule has 4 amide bonds. The first-order chi connectivity index (χ1) is 13.6. The molecule has 4 rings (SSSR count). The Labute approximate surface area is 163 Å². The van der Waals surface area contributed by atoms with Crippen LogP contribution in [0.4, 0.5) is 14.0 Å². The number of hydrogen-bond donors (Lipinski definition) is 1. The fourth-order valence-corrected chi connectivity index (χ4v) is 3.79. The van der Waals surface area contributed by atoms with Crippen LogP contribution in [0.25, 0.3) is 0 Å². The van der Waals surface area contributed by atoms with Crippen molar-refractivity contribution in [2.45, 2.75) is 19.1 Å². The number of nitrogens with one attached hydrogen (secondary N) is 1. The maximum absolute atomic E-state index is 13.1. The van der Waals surface area contributed by atoms with E-state index in [1.165, 1.54) is 12.1 Å². The van der Waals surface area contributed by atoms with Gasteiger partial charge in [-0.15, -0.1) is 0 Å². The molecule has 0 spiro atoms. The number of fused-ring (bicyclic) bond motifs is 1. The first-order valence-corrected chi connectivity index (χ1v) is 9.47. The Hall–Kier alpha value is -3.09. The summed E-state index contributed by atoms with van der Waals surface area (Å²) in [5.74, 6) is -0.286. The summed E-state index contributed by atoms with van der Waals surface area (Å²) in [6.07, 6.45) is 0. The molecular weight excluding hydrogens is 359 g/mol. The molecule has 1 atom stereocenters. The van der Waals surface area contributed by atoms with Gasteiger partial charge < -0.3 is 20.0 Å². The number of piperazine rings is 1. The van der Waals surface area contributed by atoms with E-state index in [1.807, 2.05) is 35.2 Å². The summed E-state index contributed by atoms with van der Waals surface area (Å²) in [5.41, 5.74) is 1.95.